The van der Waals surface area contributed by atoms with Gasteiger partial charge in [-0.1, -0.05) is 48.0 Å². The van der Waals surface area contributed by atoms with Gasteiger partial charge in [-0.25, -0.2) is 4.79 Å². The highest BCUT2D eigenvalue weighted by Crippen LogP contribution is 2.39. The number of anilines is 1. The summed E-state index contributed by atoms with van der Waals surface area (Å²) < 4.78 is 43.6. The van der Waals surface area contributed by atoms with E-state index in [9.17, 15) is 18.0 Å². The van der Waals surface area contributed by atoms with E-state index in [4.69, 9.17) is 11.6 Å². The lowest BCUT2D eigenvalue weighted by Gasteiger charge is -2.19. The smallest absolute Gasteiger partial charge is 0.337 e. The van der Waals surface area contributed by atoms with Crippen LogP contribution >= 0.6 is 11.6 Å². The average Bonchev–Trinajstić information content (AvgIpc) is 3.29. The summed E-state index contributed by atoms with van der Waals surface area (Å²) in [6, 6.07) is 22.7. The lowest BCUT2D eigenvalue weighted by atomic mass is 10.1. The van der Waals surface area contributed by atoms with E-state index in [1.165, 1.54) is 12.1 Å². The molecule has 0 spiro atoms. The number of aromatic nitrogens is 1. The molecule has 5 nitrogen and oxygen atoms in total. The van der Waals surface area contributed by atoms with Crippen molar-refractivity contribution in [3.63, 3.8) is 0 Å². The van der Waals surface area contributed by atoms with Crippen LogP contribution in [-0.4, -0.2) is 42.7 Å². The number of urea groups is 1. The standard InChI is InChI=1S/C28H26ClF3N4O/c1-35(2)18-17-33-27(37)34-22-13-9-20(10-14-22)25-16-15-24(19-7-11-21(29)12-8-19)36(25)26-6-4-3-5-23(26)28(30,31)32/h3-16H,17-18H2,1-2H3,(H2,33,34,37). The van der Waals surface area contributed by atoms with Gasteiger partial charge in [0.1, 0.15) is 0 Å². The maximum atomic E-state index is 14.0. The van der Waals surface area contributed by atoms with Crippen LogP contribution in [0.25, 0.3) is 28.2 Å². The maximum Gasteiger partial charge on any atom is 0.418 e. The molecule has 1 aromatic heterocycles. The third-order valence-electron chi connectivity index (χ3n) is 5.75. The van der Waals surface area contributed by atoms with Crippen LogP contribution in [0.2, 0.25) is 5.02 Å². The number of likely N-dealkylation sites (N-methyl/N-ethyl adjacent to an activating group) is 1. The quantitative estimate of drug-likeness (QED) is 0.268. The average molecular weight is 527 g/mol. The van der Waals surface area contributed by atoms with Gasteiger partial charge in [0, 0.05) is 23.8 Å². The Kier molecular flexibility index (Phi) is 7.90. The lowest BCUT2D eigenvalue weighted by molar-refractivity contribution is -0.137. The number of hydrogen-bond acceptors (Lipinski definition) is 2. The zero-order valence-corrected chi connectivity index (χ0v) is 21.1. The Labute approximate surface area is 218 Å². The maximum absolute atomic E-state index is 14.0. The van der Waals surface area contributed by atoms with Gasteiger partial charge in [-0.2, -0.15) is 13.2 Å². The van der Waals surface area contributed by atoms with Crippen molar-refractivity contribution in [2.45, 2.75) is 6.18 Å². The van der Waals surface area contributed by atoms with Crippen molar-refractivity contribution in [2.75, 3.05) is 32.5 Å². The molecule has 0 unspecified atom stereocenters. The Morgan fingerprint density at radius 3 is 2.00 bits per heavy atom. The summed E-state index contributed by atoms with van der Waals surface area (Å²) in [5.74, 6) is 0. The van der Waals surface area contributed by atoms with Gasteiger partial charge < -0.3 is 20.1 Å². The summed E-state index contributed by atoms with van der Waals surface area (Å²) in [4.78, 5) is 14.1. The molecule has 0 saturated heterocycles. The van der Waals surface area contributed by atoms with Crippen molar-refractivity contribution < 1.29 is 18.0 Å². The minimum atomic E-state index is -4.54. The van der Waals surface area contributed by atoms with E-state index >= 15 is 0 Å². The highest BCUT2D eigenvalue weighted by molar-refractivity contribution is 6.30. The topological polar surface area (TPSA) is 49.3 Å². The number of carbonyl (C=O) groups is 1. The number of rotatable bonds is 7. The molecule has 9 heteroatoms. The number of alkyl halides is 3. The zero-order chi connectivity index (χ0) is 26.6. The summed E-state index contributed by atoms with van der Waals surface area (Å²) in [6.07, 6.45) is -4.54. The summed E-state index contributed by atoms with van der Waals surface area (Å²) in [6.45, 7) is 1.20. The van der Waals surface area contributed by atoms with Crippen LogP contribution < -0.4 is 10.6 Å². The largest absolute Gasteiger partial charge is 0.418 e. The first-order valence-electron chi connectivity index (χ1n) is 11.6. The summed E-state index contributed by atoms with van der Waals surface area (Å²) in [7, 11) is 3.83. The van der Waals surface area contributed by atoms with Crippen molar-refractivity contribution in [1.82, 2.24) is 14.8 Å². The second-order valence-corrected chi connectivity index (χ2v) is 9.16. The van der Waals surface area contributed by atoms with E-state index in [0.29, 0.717) is 40.8 Å². The molecule has 0 aliphatic carbocycles. The molecule has 0 aliphatic heterocycles. The number of amides is 2. The van der Waals surface area contributed by atoms with Crippen LogP contribution in [-0.2, 0) is 6.18 Å². The number of benzene rings is 3. The van der Waals surface area contributed by atoms with Crippen molar-refractivity contribution in [1.29, 1.82) is 0 Å². The van der Waals surface area contributed by atoms with E-state index in [1.807, 2.05) is 19.0 Å². The predicted molar refractivity (Wildman–Crippen MR) is 142 cm³/mol. The fourth-order valence-electron chi connectivity index (χ4n) is 3.97. The van der Waals surface area contributed by atoms with Crippen molar-refractivity contribution in [3.8, 4) is 28.2 Å². The molecule has 1 heterocycles. The molecule has 37 heavy (non-hydrogen) atoms. The van der Waals surface area contributed by atoms with E-state index in [0.717, 1.165) is 11.6 Å². The van der Waals surface area contributed by atoms with Crippen LogP contribution in [0.4, 0.5) is 23.7 Å². The molecule has 3 aromatic carbocycles. The Hall–Kier alpha value is -3.75. The Morgan fingerprint density at radius 1 is 0.865 bits per heavy atom. The fraction of sp³-hybridized carbons (Fsp3) is 0.179. The molecular formula is C28H26ClF3N4O. The van der Waals surface area contributed by atoms with Gasteiger partial charge in [-0.05, 0) is 73.8 Å². The van der Waals surface area contributed by atoms with Gasteiger partial charge >= 0.3 is 12.2 Å². The first kappa shape index (κ1) is 26.3. The molecule has 4 aromatic rings. The fourth-order valence-corrected chi connectivity index (χ4v) is 4.09. The van der Waals surface area contributed by atoms with E-state index < -0.39 is 11.7 Å². The van der Waals surface area contributed by atoms with E-state index in [1.54, 1.807) is 71.3 Å². The van der Waals surface area contributed by atoms with Crippen LogP contribution in [0, 0.1) is 0 Å². The lowest BCUT2D eigenvalue weighted by Crippen LogP contribution is -2.34. The summed E-state index contributed by atoms with van der Waals surface area (Å²) in [5, 5.41) is 6.08. The first-order valence-corrected chi connectivity index (χ1v) is 12.0. The number of nitrogens with one attached hydrogen (secondary N) is 2. The normalized spacial score (nSPS) is 11.5. The number of para-hydroxylation sites is 1. The number of nitrogens with zero attached hydrogens (tertiary/aromatic N) is 2. The SMILES string of the molecule is CN(C)CCNC(=O)Nc1ccc(-c2ccc(-c3ccc(Cl)cc3)n2-c2ccccc2C(F)(F)F)cc1. The van der Waals surface area contributed by atoms with Gasteiger partial charge in [0.15, 0.2) is 0 Å². The minimum Gasteiger partial charge on any atom is -0.337 e. The van der Waals surface area contributed by atoms with Crippen LogP contribution in [0.1, 0.15) is 5.56 Å². The third kappa shape index (κ3) is 6.34. The first-order chi connectivity index (χ1) is 17.6. The van der Waals surface area contributed by atoms with Crippen molar-refractivity contribution >= 4 is 23.3 Å². The highest BCUT2D eigenvalue weighted by atomic mass is 35.5. The monoisotopic (exact) mass is 526 g/mol. The molecular weight excluding hydrogens is 501 g/mol. The number of halogens is 4. The summed E-state index contributed by atoms with van der Waals surface area (Å²) in [5.41, 5.74) is 2.42. The molecule has 0 atom stereocenters. The van der Waals surface area contributed by atoms with E-state index in [-0.39, 0.29) is 11.7 Å². The van der Waals surface area contributed by atoms with E-state index in [2.05, 4.69) is 10.6 Å². The van der Waals surface area contributed by atoms with Gasteiger partial charge in [0.25, 0.3) is 0 Å². The van der Waals surface area contributed by atoms with Crippen molar-refractivity contribution in [3.05, 3.63) is 95.5 Å². The molecule has 0 bridgehead atoms. The molecule has 0 saturated carbocycles. The van der Waals surface area contributed by atoms with Gasteiger partial charge in [-0.15, -0.1) is 0 Å². The van der Waals surface area contributed by atoms with Crippen LogP contribution in [0.15, 0.2) is 84.9 Å². The third-order valence-corrected chi connectivity index (χ3v) is 6.01. The van der Waals surface area contributed by atoms with Gasteiger partial charge in [-0.3, -0.25) is 0 Å². The molecule has 0 aliphatic rings. The van der Waals surface area contributed by atoms with Gasteiger partial charge in [0.05, 0.1) is 22.6 Å². The molecule has 0 fully saturated rings. The number of hydrogen-bond donors (Lipinski definition) is 2. The highest BCUT2D eigenvalue weighted by Gasteiger charge is 2.34. The molecule has 0 radical (unpaired) electrons. The number of carbonyl (C=O) groups excluding carboxylic acids is 1. The molecule has 192 valence electrons. The minimum absolute atomic E-state index is 0.0161. The second kappa shape index (κ2) is 11.1. The molecule has 2 amide bonds. The Bertz CT molecular complexity index is 1360. The van der Waals surface area contributed by atoms with Gasteiger partial charge in [0.2, 0.25) is 0 Å². The predicted octanol–water partition coefficient (Wildman–Crippen LogP) is 7.17. The molecule has 4 rings (SSSR count). The Morgan fingerprint density at radius 2 is 1.43 bits per heavy atom. The second-order valence-electron chi connectivity index (χ2n) is 8.72. The zero-order valence-electron chi connectivity index (χ0n) is 20.3. The van der Waals surface area contributed by atoms with Crippen LogP contribution in [0.3, 0.4) is 0 Å². The molecule has 2 N–H and O–H groups in total. The van der Waals surface area contributed by atoms with Crippen LogP contribution in [0.5, 0.6) is 0 Å². The Balaban J connectivity index is 1.72. The van der Waals surface area contributed by atoms with Crippen molar-refractivity contribution in [2.24, 2.45) is 0 Å². The summed E-state index contributed by atoms with van der Waals surface area (Å²) >= 11 is 6.04.